The molecule has 0 saturated carbocycles. The first-order valence-electron chi connectivity index (χ1n) is 19.7. The molecule has 412 valence electrons. The van der Waals surface area contributed by atoms with Crippen LogP contribution in [-0.4, -0.2) is 126 Å². The summed E-state index contributed by atoms with van der Waals surface area (Å²) >= 11 is 5.92. The summed E-state index contributed by atoms with van der Waals surface area (Å²) in [5.41, 5.74) is 6.59. The summed E-state index contributed by atoms with van der Waals surface area (Å²) in [5.74, 6) is -4.08. The topological polar surface area (TPSA) is 556 Å². The van der Waals surface area contributed by atoms with Crippen molar-refractivity contribution in [3.05, 3.63) is 78.1 Å². The van der Waals surface area contributed by atoms with Crippen LogP contribution in [0.15, 0.2) is 128 Å². The Hall–Kier alpha value is -5.97. The van der Waals surface area contributed by atoms with Gasteiger partial charge in [-0.2, -0.15) is 67.3 Å². The van der Waals surface area contributed by atoms with Gasteiger partial charge in [-0.1, -0.05) is 0 Å². The molecule has 1 heterocycles. The number of nitrogens with zero attached hydrogens (tertiary/aromatic N) is 9. The Morgan fingerprint density at radius 1 is 0.538 bits per heavy atom. The number of sulfone groups is 2. The average Bonchev–Trinajstić information content (AvgIpc) is 3.30. The average molecular weight is 1250 g/mol. The van der Waals surface area contributed by atoms with Crippen molar-refractivity contribution < 1.29 is 125 Å². The zero-order chi connectivity index (χ0) is 57.3. The zero-order valence-electron chi connectivity index (χ0n) is 38.4. The molecule has 11 N–H and O–H groups in total. The minimum atomic E-state index is -5.57. The number of hydrogen-bond acceptors (Lipinski definition) is 29. The van der Waals surface area contributed by atoms with Crippen molar-refractivity contribution in [2.24, 2.45) is 30.7 Å². The van der Waals surface area contributed by atoms with Crippen molar-refractivity contribution in [1.82, 2.24) is 15.0 Å². The molecule has 0 amide bonds. The number of rotatable bonds is 21. The fourth-order valence-corrected chi connectivity index (χ4v) is 11.3. The smallest absolute Gasteiger partial charge is 0.505 e. The molecule has 5 aromatic carbocycles. The maximum absolute atomic E-state index is 12.9. The Bertz CT molecular complexity index is 4280. The van der Waals surface area contributed by atoms with Crippen LogP contribution in [-0.2, 0) is 79.2 Å². The Balaban J connectivity index is 0.0000112. The number of nitrogen functional groups attached to an aromatic ring is 2. The molecule has 34 nitrogen and oxygen atoms in total. The minimum Gasteiger partial charge on any atom is -0.505 e. The van der Waals surface area contributed by atoms with Crippen LogP contribution < -0.4 is 46.3 Å². The molecular formula is C35H31ClN12NaO22S7+. The van der Waals surface area contributed by atoms with Gasteiger partial charge >= 0.3 is 50.4 Å². The van der Waals surface area contributed by atoms with Crippen LogP contribution in [0.2, 0.25) is 5.28 Å². The molecule has 0 unspecified atom stereocenters. The van der Waals surface area contributed by atoms with Gasteiger partial charge in [0.2, 0.25) is 17.2 Å². The van der Waals surface area contributed by atoms with Gasteiger partial charge in [0.1, 0.15) is 37.4 Å². The molecule has 78 heavy (non-hydrogen) atoms. The summed E-state index contributed by atoms with van der Waals surface area (Å²) in [6.07, 6.45) is 0. The molecule has 0 spiro atoms. The van der Waals surface area contributed by atoms with E-state index >= 15 is 0 Å². The van der Waals surface area contributed by atoms with E-state index < -0.39 is 183 Å². The SMILES string of the molecule is Nc1nc(Cl)nc(Nc2cc(N=Nc3c(S(=O)(=O)O)cc4cc(S(=O)(=O)O)c(N=Nc5ccc(S(=O)(=O)CCOS(=O)(=O)O)cc5)c(N)c4c3O)c(S(=O)(=O)O)cc2N=Nc2ccc(S(=O)(=O)CCOS(=O)(=O)O)cc2)n1.[Na+]. The molecule has 0 bridgehead atoms. The molecule has 0 aliphatic carbocycles. The van der Waals surface area contributed by atoms with E-state index in [1.54, 1.807) is 0 Å². The van der Waals surface area contributed by atoms with E-state index in [-0.39, 0.29) is 45.8 Å². The van der Waals surface area contributed by atoms with Gasteiger partial charge in [0.15, 0.2) is 25.4 Å². The van der Waals surface area contributed by atoms with Crippen molar-refractivity contribution in [3.63, 3.8) is 0 Å². The number of hydrogen-bond donors (Lipinski definition) is 9. The van der Waals surface area contributed by atoms with Gasteiger partial charge in [0.05, 0.1) is 62.6 Å². The van der Waals surface area contributed by atoms with E-state index in [2.05, 4.69) is 59.3 Å². The molecule has 43 heteroatoms. The molecule has 1 aromatic heterocycles. The second-order valence-corrected chi connectivity index (χ2v) is 25.6. The third-order valence-corrected chi connectivity index (χ3v) is 16.6. The van der Waals surface area contributed by atoms with Crippen LogP contribution in [0.5, 0.6) is 5.75 Å². The number of halogens is 1. The molecule has 0 atom stereocenters. The van der Waals surface area contributed by atoms with Gasteiger partial charge in [0.25, 0.3) is 30.4 Å². The van der Waals surface area contributed by atoms with Crippen LogP contribution in [0.3, 0.4) is 0 Å². The van der Waals surface area contributed by atoms with E-state index in [0.717, 1.165) is 54.6 Å². The first-order chi connectivity index (χ1) is 35.4. The van der Waals surface area contributed by atoms with Crippen LogP contribution in [0.25, 0.3) is 10.8 Å². The van der Waals surface area contributed by atoms with Crippen molar-refractivity contribution in [2.45, 2.75) is 24.5 Å². The third kappa shape index (κ3) is 16.3. The number of phenols is 1. The zero-order valence-corrected chi connectivity index (χ0v) is 46.9. The Morgan fingerprint density at radius 2 is 0.974 bits per heavy atom. The Kier molecular flexibility index (Phi) is 19.2. The second kappa shape index (κ2) is 23.8. The Labute approximate surface area is 467 Å². The molecule has 0 saturated heterocycles. The number of nitrogens with one attached hydrogen (secondary N) is 1. The molecule has 6 rings (SSSR count). The van der Waals surface area contributed by atoms with Gasteiger partial charge in [-0.25, -0.2) is 25.2 Å². The maximum Gasteiger partial charge on any atom is 1.00 e. The van der Waals surface area contributed by atoms with Gasteiger partial charge in [0, 0.05) is 0 Å². The van der Waals surface area contributed by atoms with E-state index in [9.17, 15) is 77.7 Å². The second-order valence-electron chi connectivity index (χ2n) is 14.7. The van der Waals surface area contributed by atoms with E-state index in [0.29, 0.717) is 18.2 Å². The van der Waals surface area contributed by atoms with Crippen molar-refractivity contribution in [1.29, 1.82) is 0 Å². The molecule has 0 aliphatic heterocycles. The van der Waals surface area contributed by atoms with Crippen LogP contribution >= 0.6 is 11.6 Å². The van der Waals surface area contributed by atoms with E-state index in [1.165, 1.54) is 0 Å². The summed E-state index contributed by atoms with van der Waals surface area (Å²) in [7, 11) is -34.8. The normalized spacial score (nSPS) is 13.2. The van der Waals surface area contributed by atoms with E-state index in [4.69, 9.17) is 32.2 Å². The number of phenolic OH excluding ortho intramolecular Hbond substituents is 1. The number of benzene rings is 5. The summed E-state index contributed by atoms with van der Waals surface area (Å²) in [6.45, 7) is -1.90. The van der Waals surface area contributed by atoms with Gasteiger partial charge in [-0.05, 0) is 89.8 Å². The van der Waals surface area contributed by atoms with Crippen molar-refractivity contribution >= 4 is 151 Å². The number of aromatic hydroxyl groups is 1. The van der Waals surface area contributed by atoms with Crippen molar-refractivity contribution in [2.75, 3.05) is 41.5 Å². The van der Waals surface area contributed by atoms with Gasteiger partial charge < -0.3 is 21.9 Å². The maximum atomic E-state index is 12.9. The predicted molar refractivity (Wildman–Crippen MR) is 263 cm³/mol. The van der Waals surface area contributed by atoms with Crippen LogP contribution in [0, 0.1) is 0 Å². The van der Waals surface area contributed by atoms with Gasteiger partial charge in [-0.15, -0.1) is 20.5 Å². The number of fused-ring (bicyclic) bond motifs is 1. The van der Waals surface area contributed by atoms with Crippen molar-refractivity contribution in [3.8, 4) is 5.75 Å². The van der Waals surface area contributed by atoms with Crippen LogP contribution in [0.4, 0.5) is 57.4 Å². The number of anilines is 4. The standard InChI is InChI=1S/C35H31ClN12O22S7.Na/c36-33-40-34(38)42-35(41-33)39-22-15-24(25(73(54,55)56)16-23(22)45-43-18-1-5-20(6-2-18)71(50,51)11-9-69-76(63,64)65)46-48-31-27(75(60,61)62)14-17-13-26(74(57,58)59)30(29(37)28(17)32(31)49)47-44-19-3-7-21(8-4-19)72(52,53)12-10-70-77(66,67)68;/h1-8,13-16,49H,9-12,37H2,(H,54,55,56)(H,57,58,59)(H,60,61,62)(H,63,64,65)(H,66,67,68)(H3,38,39,40,41,42);/q;+1. The fraction of sp³-hybridized carbons (Fsp3) is 0.114. The molecular weight excluding hydrogens is 1220 g/mol. The number of nitrogens with two attached hydrogens (primary N) is 2. The molecule has 0 aliphatic rings. The number of aromatic nitrogens is 3. The quantitative estimate of drug-likeness (QED) is 0.0213. The largest absolute Gasteiger partial charge is 1.00 e. The summed E-state index contributed by atoms with van der Waals surface area (Å²) in [5, 5.41) is 35.0. The summed E-state index contributed by atoms with van der Waals surface area (Å²) < 4.78 is 227. The molecule has 0 fully saturated rings. The van der Waals surface area contributed by atoms with Crippen LogP contribution in [0.1, 0.15) is 0 Å². The Morgan fingerprint density at radius 3 is 1.42 bits per heavy atom. The van der Waals surface area contributed by atoms with Gasteiger partial charge in [-0.3, -0.25) is 22.8 Å². The monoisotopic (exact) mass is 1250 g/mol. The summed E-state index contributed by atoms with van der Waals surface area (Å²) in [6, 6.07) is 10.5. The first-order valence-corrected chi connectivity index (χ1v) is 30.5. The first kappa shape index (κ1) is 62.9. The molecule has 0 radical (unpaired) electrons. The summed E-state index contributed by atoms with van der Waals surface area (Å²) in [4.78, 5) is 6.72. The predicted octanol–water partition coefficient (Wildman–Crippen LogP) is 1.47. The fourth-order valence-electron chi connectivity index (χ4n) is 6.17. The number of azo groups is 3. The third-order valence-electron chi connectivity index (χ3n) is 9.45. The van der Waals surface area contributed by atoms with E-state index in [1.807, 2.05) is 0 Å². The molecule has 6 aromatic rings. The minimum absolute atomic E-state index is 0.